The van der Waals surface area contributed by atoms with E-state index in [0.29, 0.717) is 0 Å². The Morgan fingerprint density at radius 1 is 1.75 bits per heavy atom. The molecule has 12 heavy (non-hydrogen) atoms. The number of halogens is 1. The second-order valence-electron chi connectivity index (χ2n) is 2.67. The highest BCUT2D eigenvalue weighted by Crippen LogP contribution is 2.32. The second kappa shape index (κ2) is 3.29. The average Bonchev–Trinajstić information content (AvgIpc) is 2.25. The molecule has 0 aromatic heterocycles. The number of alkyl halides is 1. The average molecular weight is 176 g/mol. The van der Waals surface area contributed by atoms with E-state index < -0.39 is 30.7 Å². The number of rotatable bonds is 2. The molecule has 0 saturated carbocycles. The predicted octanol–water partition coefficient (Wildman–Crippen LogP) is -1.45. The first-order chi connectivity index (χ1) is 5.55. The first-order valence-corrected chi connectivity index (χ1v) is 3.49. The zero-order chi connectivity index (χ0) is 9.35. The summed E-state index contributed by atoms with van der Waals surface area (Å²) in [6.45, 7) is -0.943. The summed E-state index contributed by atoms with van der Waals surface area (Å²) in [6.07, 6.45) is -2.50. The van der Waals surface area contributed by atoms with Crippen molar-refractivity contribution in [3.8, 4) is 0 Å². The molecule has 0 aliphatic carbocycles. The number of aliphatic hydroxyl groups excluding tert-OH is 2. The highest BCUT2D eigenvalue weighted by atomic mass is 19.2. The minimum atomic E-state index is -2.50. The maximum absolute atomic E-state index is 13.2. The van der Waals surface area contributed by atoms with Crippen LogP contribution in [0.1, 0.15) is 0 Å². The molecule has 4 nitrogen and oxygen atoms in total. The molecule has 4 atom stereocenters. The molecule has 6 heteroatoms. The van der Waals surface area contributed by atoms with E-state index in [1.807, 2.05) is 0 Å². The third-order valence-corrected chi connectivity index (χ3v) is 1.90. The van der Waals surface area contributed by atoms with Crippen molar-refractivity contribution in [3.63, 3.8) is 0 Å². The Morgan fingerprint density at radius 2 is 2.33 bits per heavy atom. The fraction of sp³-hybridized carbons (Fsp3) is 1.00. The van der Waals surface area contributed by atoms with Crippen molar-refractivity contribution < 1.29 is 24.1 Å². The van der Waals surface area contributed by atoms with Crippen molar-refractivity contribution >= 4 is 7.85 Å². The summed E-state index contributed by atoms with van der Waals surface area (Å²) < 4.78 is 22.4. The zero-order valence-corrected chi connectivity index (χ0v) is 6.61. The Kier molecular flexibility index (Phi) is 2.72. The van der Waals surface area contributed by atoms with E-state index in [9.17, 15) is 9.50 Å². The number of hydrogen-bond acceptors (Lipinski definition) is 4. The molecule has 1 fully saturated rings. The number of methoxy groups -OCH3 is 1. The molecule has 1 saturated heterocycles. The van der Waals surface area contributed by atoms with Crippen LogP contribution in [0.4, 0.5) is 4.39 Å². The quantitative estimate of drug-likeness (QED) is 0.505. The van der Waals surface area contributed by atoms with Crippen LogP contribution in [0.15, 0.2) is 0 Å². The van der Waals surface area contributed by atoms with Crippen LogP contribution in [-0.4, -0.2) is 55.8 Å². The molecule has 0 amide bonds. The molecule has 1 aliphatic rings. The van der Waals surface area contributed by atoms with Crippen molar-refractivity contribution in [3.05, 3.63) is 0 Å². The SMILES string of the molecule is [B][C@@H]1O[C@](F)(CO)[C@@H](O)[C@H]1OC. The van der Waals surface area contributed by atoms with E-state index in [0.717, 1.165) is 0 Å². The van der Waals surface area contributed by atoms with Crippen molar-refractivity contribution in [2.75, 3.05) is 13.7 Å². The van der Waals surface area contributed by atoms with Crippen LogP contribution in [0.5, 0.6) is 0 Å². The van der Waals surface area contributed by atoms with Gasteiger partial charge in [0.2, 0.25) is 0 Å². The summed E-state index contributed by atoms with van der Waals surface area (Å²) in [4.78, 5) is 0. The largest absolute Gasteiger partial charge is 0.390 e. The molecule has 0 spiro atoms. The Hall–Kier alpha value is -0.165. The van der Waals surface area contributed by atoms with Gasteiger partial charge in [-0.2, -0.15) is 0 Å². The Labute approximate surface area is 70.7 Å². The predicted molar refractivity (Wildman–Crippen MR) is 38.4 cm³/mol. The lowest BCUT2D eigenvalue weighted by molar-refractivity contribution is -0.187. The van der Waals surface area contributed by atoms with Gasteiger partial charge in [0, 0.05) is 13.1 Å². The van der Waals surface area contributed by atoms with Gasteiger partial charge in [0.15, 0.2) is 0 Å². The van der Waals surface area contributed by atoms with Gasteiger partial charge in [-0.25, -0.2) is 4.39 Å². The Bertz CT molecular complexity index is 170. The van der Waals surface area contributed by atoms with Gasteiger partial charge in [-0.15, -0.1) is 0 Å². The molecule has 0 aromatic carbocycles. The number of ether oxygens (including phenoxy) is 2. The number of hydrogen-bond donors (Lipinski definition) is 2. The molecule has 0 bridgehead atoms. The zero-order valence-electron chi connectivity index (χ0n) is 6.61. The fourth-order valence-corrected chi connectivity index (χ4v) is 1.18. The van der Waals surface area contributed by atoms with Gasteiger partial charge >= 0.3 is 0 Å². The Balaban J connectivity index is 2.74. The van der Waals surface area contributed by atoms with Crippen LogP contribution in [0.3, 0.4) is 0 Å². The van der Waals surface area contributed by atoms with E-state index in [1.165, 1.54) is 7.11 Å². The summed E-state index contributed by atoms with van der Waals surface area (Å²) in [5, 5.41) is 17.8. The van der Waals surface area contributed by atoms with Gasteiger partial charge in [-0.05, 0) is 0 Å². The summed E-state index contributed by atoms with van der Waals surface area (Å²) in [7, 11) is 6.55. The Morgan fingerprint density at radius 3 is 2.58 bits per heavy atom. The van der Waals surface area contributed by atoms with Gasteiger partial charge < -0.3 is 19.7 Å². The van der Waals surface area contributed by atoms with Crippen LogP contribution >= 0.6 is 0 Å². The standard InChI is InChI=1S/C6H10BFO4/c1-11-3-4(10)6(8,2-9)12-5(3)7/h3-5,9-10H,2H2,1H3/t3-,4+,5-,6-/m1/s1. The van der Waals surface area contributed by atoms with Crippen molar-refractivity contribution in [2.24, 2.45) is 0 Å². The van der Waals surface area contributed by atoms with E-state index in [-0.39, 0.29) is 0 Å². The van der Waals surface area contributed by atoms with Crippen molar-refractivity contribution in [1.82, 2.24) is 0 Å². The molecule has 2 N–H and O–H groups in total. The molecule has 2 radical (unpaired) electrons. The smallest absolute Gasteiger partial charge is 0.260 e. The minimum Gasteiger partial charge on any atom is -0.390 e. The van der Waals surface area contributed by atoms with Crippen LogP contribution in [-0.2, 0) is 9.47 Å². The number of aliphatic hydroxyl groups is 2. The molecule has 1 aliphatic heterocycles. The third-order valence-electron chi connectivity index (χ3n) is 1.90. The van der Waals surface area contributed by atoms with E-state index in [4.69, 9.17) is 13.0 Å². The van der Waals surface area contributed by atoms with Crippen molar-refractivity contribution in [2.45, 2.75) is 24.1 Å². The fourth-order valence-electron chi connectivity index (χ4n) is 1.18. The second-order valence-corrected chi connectivity index (χ2v) is 2.67. The maximum Gasteiger partial charge on any atom is 0.260 e. The summed E-state index contributed by atoms with van der Waals surface area (Å²) in [5.41, 5.74) is 0. The summed E-state index contributed by atoms with van der Waals surface area (Å²) >= 11 is 0. The van der Waals surface area contributed by atoms with Gasteiger partial charge in [0.25, 0.3) is 5.85 Å². The highest BCUT2D eigenvalue weighted by molar-refractivity contribution is 6.11. The molecule has 68 valence electrons. The molecule has 1 heterocycles. The summed E-state index contributed by atoms with van der Waals surface area (Å²) in [5.74, 6) is -2.50. The van der Waals surface area contributed by atoms with Gasteiger partial charge in [-0.3, -0.25) is 0 Å². The first-order valence-electron chi connectivity index (χ1n) is 3.49. The van der Waals surface area contributed by atoms with Gasteiger partial charge in [-0.1, -0.05) is 0 Å². The third kappa shape index (κ3) is 1.35. The molecular weight excluding hydrogens is 166 g/mol. The van der Waals surface area contributed by atoms with Crippen molar-refractivity contribution in [1.29, 1.82) is 0 Å². The van der Waals surface area contributed by atoms with Crippen LogP contribution in [0, 0.1) is 0 Å². The van der Waals surface area contributed by atoms with Crippen LogP contribution in [0.2, 0.25) is 0 Å². The lowest BCUT2D eigenvalue weighted by Crippen LogP contribution is -2.42. The lowest BCUT2D eigenvalue weighted by atomic mass is 9.92. The van der Waals surface area contributed by atoms with E-state index >= 15 is 0 Å². The maximum atomic E-state index is 13.2. The monoisotopic (exact) mass is 176 g/mol. The van der Waals surface area contributed by atoms with Crippen LogP contribution in [0.25, 0.3) is 0 Å². The minimum absolute atomic E-state index is 0.942. The highest BCUT2D eigenvalue weighted by Gasteiger charge is 2.53. The molecule has 0 aromatic rings. The topological polar surface area (TPSA) is 58.9 Å². The molecule has 0 unspecified atom stereocenters. The van der Waals surface area contributed by atoms with Crippen LogP contribution < -0.4 is 0 Å². The molecular formula is C6H10BFO4. The van der Waals surface area contributed by atoms with Gasteiger partial charge in [0.05, 0.1) is 0 Å². The van der Waals surface area contributed by atoms with E-state index in [2.05, 4.69) is 9.47 Å². The first kappa shape index (κ1) is 9.92. The normalized spacial score (nSPS) is 48.2. The van der Waals surface area contributed by atoms with E-state index in [1.54, 1.807) is 0 Å². The van der Waals surface area contributed by atoms with Gasteiger partial charge in [0.1, 0.15) is 26.7 Å². The lowest BCUT2D eigenvalue weighted by Gasteiger charge is -2.20. The molecule has 1 rings (SSSR count). The summed E-state index contributed by atoms with van der Waals surface area (Å²) in [6, 6.07) is -1.05.